The highest BCUT2D eigenvalue weighted by atomic mass is 35.5. The summed E-state index contributed by atoms with van der Waals surface area (Å²) in [6, 6.07) is 13.9. The highest BCUT2D eigenvalue weighted by Gasteiger charge is 2.10. The fourth-order valence-electron chi connectivity index (χ4n) is 2.80. The summed E-state index contributed by atoms with van der Waals surface area (Å²) in [6.07, 6.45) is 0. The van der Waals surface area contributed by atoms with Crippen molar-refractivity contribution in [2.45, 2.75) is 19.9 Å². The molecule has 0 bridgehead atoms. The number of carbonyl (C=O) groups is 2. The third-order valence-electron chi connectivity index (χ3n) is 4.61. The zero-order valence-corrected chi connectivity index (χ0v) is 21.0. The standard InChI is InChI=1S/C13H17ClN2O2.C11H15ClN2O2/c14-12-3-1-11(2-4-12)13(17)15-5-6-16-7-9-18-10-8-16;1-8(2)13-14-11(15)7-16-10-5-3-9(12)4-6-10/h1-4H,5-10H2,(H,15,17);3-6,8,13H,7H2,1-2H3,(H,14,15). The van der Waals surface area contributed by atoms with Gasteiger partial charge in [-0.25, -0.2) is 5.43 Å². The number of hydrogen-bond donors (Lipinski definition) is 3. The van der Waals surface area contributed by atoms with E-state index in [9.17, 15) is 9.59 Å². The minimum atomic E-state index is -0.219. The van der Waals surface area contributed by atoms with Crippen LogP contribution in [-0.4, -0.2) is 68.8 Å². The second kappa shape index (κ2) is 15.5. The first-order chi connectivity index (χ1) is 16.3. The van der Waals surface area contributed by atoms with Gasteiger partial charge in [0.1, 0.15) is 5.75 Å². The smallest absolute Gasteiger partial charge is 0.271 e. The predicted molar refractivity (Wildman–Crippen MR) is 134 cm³/mol. The molecular formula is C24H32Cl2N4O4. The lowest BCUT2D eigenvalue weighted by Gasteiger charge is -2.26. The van der Waals surface area contributed by atoms with Crippen molar-refractivity contribution in [2.24, 2.45) is 0 Å². The van der Waals surface area contributed by atoms with E-state index in [1.165, 1.54) is 0 Å². The van der Waals surface area contributed by atoms with Gasteiger partial charge in [-0.1, -0.05) is 23.2 Å². The molecule has 10 heteroatoms. The van der Waals surface area contributed by atoms with Gasteiger partial charge in [-0.2, -0.15) is 0 Å². The predicted octanol–water partition coefficient (Wildman–Crippen LogP) is 3.15. The second-order valence-electron chi connectivity index (χ2n) is 7.81. The number of benzene rings is 2. The van der Waals surface area contributed by atoms with Gasteiger partial charge in [-0.15, -0.1) is 0 Å². The van der Waals surface area contributed by atoms with Crippen LogP contribution in [0.2, 0.25) is 10.0 Å². The Bertz CT molecular complexity index is 874. The van der Waals surface area contributed by atoms with E-state index in [1.54, 1.807) is 48.5 Å². The van der Waals surface area contributed by atoms with E-state index < -0.39 is 0 Å². The number of nitrogens with one attached hydrogen (secondary N) is 3. The monoisotopic (exact) mass is 510 g/mol. The number of hydrazine groups is 1. The fourth-order valence-corrected chi connectivity index (χ4v) is 3.05. The lowest BCUT2D eigenvalue weighted by atomic mass is 10.2. The molecule has 2 aromatic rings. The highest BCUT2D eigenvalue weighted by molar-refractivity contribution is 6.30. The van der Waals surface area contributed by atoms with Crippen molar-refractivity contribution in [3.8, 4) is 5.75 Å². The summed E-state index contributed by atoms with van der Waals surface area (Å²) in [5, 5.41) is 4.18. The molecule has 34 heavy (non-hydrogen) atoms. The van der Waals surface area contributed by atoms with Gasteiger partial charge in [0.25, 0.3) is 11.8 Å². The van der Waals surface area contributed by atoms with Crippen LogP contribution in [0, 0.1) is 0 Å². The lowest BCUT2D eigenvalue weighted by molar-refractivity contribution is -0.124. The molecule has 1 aliphatic heterocycles. The summed E-state index contributed by atoms with van der Waals surface area (Å²) < 4.78 is 10.5. The van der Waals surface area contributed by atoms with Crippen molar-refractivity contribution < 1.29 is 19.1 Å². The average Bonchev–Trinajstić information content (AvgIpc) is 2.84. The molecular weight excluding hydrogens is 479 g/mol. The third kappa shape index (κ3) is 11.7. The molecule has 0 aromatic heterocycles. The largest absolute Gasteiger partial charge is 0.484 e. The minimum Gasteiger partial charge on any atom is -0.484 e. The molecule has 0 spiro atoms. The maximum atomic E-state index is 11.8. The van der Waals surface area contributed by atoms with Crippen molar-refractivity contribution in [2.75, 3.05) is 46.0 Å². The number of amides is 2. The Labute approximate surface area is 210 Å². The van der Waals surface area contributed by atoms with E-state index >= 15 is 0 Å². The van der Waals surface area contributed by atoms with Crippen LogP contribution in [-0.2, 0) is 9.53 Å². The fraction of sp³-hybridized carbons (Fsp3) is 0.417. The van der Waals surface area contributed by atoms with Gasteiger partial charge in [-0.3, -0.25) is 19.9 Å². The van der Waals surface area contributed by atoms with Crippen molar-refractivity contribution >= 4 is 35.0 Å². The topological polar surface area (TPSA) is 91.9 Å². The lowest BCUT2D eigenvalue weighted by Crippen LogP contribution is -2.43. The number of nitrogens with zero attached hydrogens (tertiary/aromatic N) is 1. The maximum Gasteiger partial charge on any atom is 0.271 e. The Morgan fingerprint density at radius 2 is 1.59 bits per heavy atom. The maximum absolute atomic E-state index is 11.8. The van der Waals surface area contributed by atoms with E-state index in [1.807, 2.05) is 13.8 Å². The van der Waals surface area contributed by atoms with Crippen molar-refractivity contribution in [1.82, 2.24) is 21.1 Å². The zero-order valence-electron chi connectivity index (χ0n) is 19.5. The highest BCUT2D eigenvalue weighted by Crippen LogP contribution is 2.15. The van der Waals surface area contributed by atoms with Crippen molar-refractivity contribution in [1.29, 1.82) is 0 Å². The zero-order chi connectivity index (χ0) is 24.8. The first kappa shape index (κ1) is 27.9. The van der Waals surface area contributed by atoms with Gasteiger partial charge in [0.2, 0.25) is 0 Å². The molecule has 1 saturated heterocycles. The molecule has 0 aliphatic carbocycles. The van der Waals surface area contributed by atoms with Crippen LogP contribution in [0.15, 0.2) is 48.5 Å². The van der Waals surface area contributed by atoms with Crippen LogP contribution < -0.4 is 20.9 Å². The van der Waals surface area contributed by atoms with E-state index in [0.717, 1.165) is 32.8 Å². The summed E-state index contributed by atoms with van der Waals surface area (Å²) in [7, 11) is 0. The molecule has 0 unspecified atom stereocenters. The van der Waals surface area contributed by atoms with E-state index in [4.69, 9.17) is 32.7 Å². The summed E-state index contributed by atoms with van der Waals surface area (Å²) in [5.74, 6) is 0.340. The van der Waals surface area contributed by atoms with E-state index in [-0.39, 0.29) is 24.5 Å². The molecule has 8 nitrogen and oxygen atoms in total. The van der Waals surface area contributed by atoms with Crippen LogP contribution in [0.3, 0.4) is 0 Å². The molecule has 3 N–H and O–H groups in total. The van der Waals surface area contributed by atoms with Gasteiger partial charge in [0, 0.05) is 47.8 Å². The van der Waals surface area contributed by atoms with Gasteiger partial charge >= 0.3 is 0 Å². The molecule has 0 atom stereocenters. The second-order valence-corrected chi connectivity index (χ2v) is 8.68. The molecule has 1 aliphatic rings. The Kier molecular flexibility index (Phi) is 12.7. The molecule has 2 aromatic carbocycles. The van der Waals surface area contributed by atoms with Crippen LogP contribution in [0.25, 0.3) is 0 Å². The number of carbonyl (C=O) groups excluding carboxylic acids is 2. The quantitative estimate of drug-likeness (QED) is 0.448. The number of halogens is 2. The van der Waals surface area contributed by atoms with Gasteiger partial charge in [0.05, 0.1) is 13.2 Å². The summed E-state index contributed by atoms with van der Waals surface area (Å²) in [4.78, 5) is 25.3. The minimum absolute atomic E-state index is 0.0264. The van der Waals surface area contributed by atoms with Crippen LogP contribution >= 0.6 is 23.2 Å². The molecule has 1 fully saturated rings. The Hall–Kier alpha value is -2.36. The first-order valence-electron chi connectivity index (χ1n) is 11.1. The van der Waals surface area contributed by atoms with Crippen LogP contribution in [0.1, 0.15) is 24.2 Å². The molecule has 186 valence electrons. The normalized spacial score (nSPS) is 13.6. The Morgan fingerprint density at radius 1 is 1.00 bits per heavy atom. The third-order valence-corrected chi connectivity index (χ3v) is 5.11. The summed E-state index contributed by atoms with van der Waals surface area (Å²) in [5.41, 5.74) is 5.95. The summed E-state index contributed by atoms with van der Waals surface area (Å²) in [6.45, 7) is 8.80. The van der Waals surface area contributed by atoms with E-state index in [2.05, 4.69) is 21.1 Å². The Balaban J connectivity index is 0.000000242. The van der Waals surface area contributed by atoms with Gasteiger partial charge < -0.3 is 14.8 Å². The number of hydrogen-bond acceptors (Lipinski definition) is 6. The van der Waals surface area contributed by atoms with Crippen molar-refractivity contribution in [3.05, 3.63) is 64.1 Å². The summed E-state index contributed by atoms with van der Waals surface area (Å²) >= 11 is 11.5. The SMILES string of the molecule is CC(C)NNC(=O)COc1ccc(Cl)cc1.O=C(NCCN1CCOCC1)c1ccc(Cl)cc1. The Morgan fingerprint density at radius 3 is 2.18 bits per heavy atom. The molecule has 2 amide bonds. The number of ether oxygens (including phenoxy) is 2. The molecule has 1 heterocycles. The van der Waals surface area contributed by atoms with Crippen LogP contribution in [0.5, 0.6) is 5.75 Å². The average molecular weight is 511 g/mol. The molecule has 0 saturated carbocycles. The van der Waals surface area contributed by atoms with E-state index in [0.29, 0.717) is 27.9 Å². The molecule has 3 rings (SSSR count). The first-order valence-corrected chi connectivity index (χ1v) is 11.9. The van der Waals surface area contributed by atoms with Gasteiger partial charge in [0.15, 0.2) is 6.61 Å². The number of rotatable bonds is 9. The molecule has 0 radical (unpaired) electrons. The van der Waals surface area contributed by atoms with Crippen LogP contribution in [0.4, 0.5) is 0 Å². The van der Waals surface area contributed by atoms with Gasteiger partial charge in [-0.05, 0) is 62.4 Å². The van der Waals surface area contributed by atoms with Crippen molar-refractivity contribution in [3.63, 3.8) is 0 Å². The number of morpholine rings is 1.